The number of halogens is 2. The summed E-state index contributed by atoms with van der Waals surface area (Å²) in [6.45, 7) is 0. The summed E-state index contributed by atoms with van der Waals surface area (Å²) in [7, 11) is 0. The van der Waals surface area contributed by atoms with E-state index >= 15 is 0 Å². The molecule has 0 saturated carbocycles. The van der Waals surface area contributed by atoms with E-state index in [0.717, 1.165) is 6.07 Å². The molecule has 0 bridgehead atoms. The van der Waals surface area contributed by atoms with Crippen molar-refractivity contribution in [1.29, 1.82) is 0 Å². The number of aliphatic hydroxyl groups excluding tert-OH is 1. The number of hydrogen-bond donors (Lipinski definition) is 2. The topological polar surface area (TPSA) is 101 Å². The first-order valence-electron chi connectivity index (χ1n) is 3.88. The molecule has 1 aromatic carbocycles. The van der Waals surface area contributed by atoms with Gasteiger partial charge in [-0.15, -0.1) is 0 Å². The third-order valence-corrected chi connectivity index (χ3v) is 2.62. The highest BCUT2D eigenvalue weighted by atomic mass is 79.9. The summed E-state index contributed by atoms with van der Waals surface area (Å²) >= 11 is 2.71. The number of benzene rings is 1. The van der Waals surface area contributed by atoms with E-state index in [0.29, 0.717) is 6.07 Å². The molecular weight excluding hydrogens is 289 g/mol. The molecule has 0 radical (unpaired) electrons. The molecule has 16 heavy (non-hydrogen) atoms. The second-order valence-corrected chi connectivity index (χ2v) is 3.62. The zero-order valence-electron chi connectivity index (χ0n) is 7.55. The lowest BCUT2D eigenvalue weighted by Crippen LogP contribution is -2.12. The predicted molar refractivity (Wildman–Crippen MR) is 53.4 cm³/mol. The zero-order chi connectivity index (χ0) is 12.5. The number of carbonyl (C=O) groups is 1. The SMILES string of the molecule is O=C(O)C(O)c1cc([N+](=O)[O-])cc(F)c1Br. The van der Waals surface area contributed by atoms with Crippen molar-refractivity contribution in [3.05, 3.63) is 38.1 Å². The van der Waals surface area contributed by atoms with E-state index < -0.39 is 34.1 Å². The van der Waals surface area contributed by atoms with Gasteiger partial charge in [-0.05, 0) is 15.9 Å². The van der Waals surface area contributed by atoms with Crippen molar-refractivity contribution < 1.29 is 24.3 Å². The minimum atomic E-state index is -2.02. The maximum absolute atomic E-state index is 13.2. The Hall–Kier alpha value is -1.54. The van der Waals surface area contributed by atoms with Crippen molar-refractivity contribution in [3.63, 3.8) is 0 Å². The standard InChI is InChI=1S/C8H5BrFNO5/c9-6-4(7(12)8(13)14)1-3(11(15)16)2-5(6)10/h1-2,7,12H,(H,13,14). The zero-order valence-corrected chi connectivity index (χ0v) is 9.14. The largest absolute Gasteiger partial charge is 0.479 e. The molecule has 0 heterocycles. The van der Waals surface area contributed by atoms with Gasteiger partial charge in [0.05, 0.1) is 15.5 Å². The quantitative estimate of drug-likeness (QED) is 0.651. The number of carboxylic acid groups (broad SMARTS) is 1. The molecule has 2 N–H and O–H groups in total. The van der Waals surface area contributed by atoms with Gasteiger partial charge >= 0.3 is 5.97 Å². The van der Waals surface area contributed by atoms with Gasteiger partial charge in [0.15, 0.2) is 6.10 Å². The van der Waals surface area contributed by atoms with E-state index in [-0.39, 0.29) is 4.47 Å². The first kappa shape index (κ1) is 12.5. The molecule has 0 amide bonds. The van der Waals surface area contributed by atoms with Crippen LogP contribution in [0, 0.1) is 15.9 Å². The number of nitro groups is 1. The molecule has 0 fully saturated rings. The summed E-state index contributed by atoms with van der Waals surface area (Å²) < 4.78 is 12.9. The van der Waals surface area contributed by atoms with Crippen LogP contribution in [0.1, 0.15) is 11.7 Å². The summed E-state index contributed by atoms with van der Waals surface area (Å²) in [6.07, 6.45) is -2.02. The van der Waals surface area contributed by atoms with Crippen molar-refractivity contribution in [2.75, 3.05) is 0 Å². The molecule has 1 atom stereocenters. The predicted octanol–water partition coefficient (Wildman–Crippen LogP) is 1.61. The van der Waals surface area contributed by atoms with Crippen molar-refractivity contribution in [3.8, 4) is 0 Å². The lowest BCUT2D eigenvalue weighted by molar-refractivity contribution is -0.385. The Labute approximate surface area is 96.6 Å². The Morgan fingerprint density at radius 3 is 2.56 bits per heavy atom. The summed E-state index contributed by atoms with van der Waals surface area (Å²) in [6, 6.07) is 1.42. The second-order valence-electron chi connectivity index (χ2n) is 2.83. The number of aliphatic hydroxyl groups is 1. The van der Waals surface area contributed by atoms with Crippen LogP contribution in [0.15, 0.2) is 16.6 Å². The molecule has 0 aromatic heterocycles. The molecule has 0 aliphatic carbocycles. The third-order valence-electron chi connectivity index (χ3n) is 1.78. The van der Waals surface area contributed by atoms with Crippen LogP contribution in [-0.2, 0) is 4.79 Å². The summed E-state index contributed by atoms with van der Waals surface area (Å²) in [5, 5.41) is 28.1. The number of nitro benzene ring substituents is 1. The fraction of sp³-hybridized carbons (Fsp3) is 0.125. The smallest absolute Gasteiger partial charge is 0.337 e. The summed E-state index contributed by atoms with van der Waals surface area (Å²) in [5.74, 6) is -2.63. The van der Waals surface area contributed by atoms with E-state index in [1.807, 2.05) is 0 Å². The molecule has 1 rings (SSSR count). The van der Waals surface area contributed by atoms with Gasteiger partial charge in [0, 0.05) is 11.6 Å². The van der Waals surface area contributed by atoms with Crippen LogP contribution in [0.4, 0.5) is 10.1 Å². The molecule has 0 spiro atoms. The Morgan fingerprint density at radius 1 is 1.56 bits per heavy atom. The molecule has 86 valence electrons. The van der Waals surface area contributed by atoms with Crippen LogP contribution in [-0.4, -0.2) is 21.1 Å². The molecule has 0 aliphatic heterocycles. The number of carboxylic acids is 1. The lowest BCUT2D eigenvalue weighted by atomic mass is 10.1. The highest BCUT2D eigenvalue weighted by Gasteiger charge is 2.24. The van der Waals surface area contributed by atoms with E-state index in [9.17, 15) is 24.4 Å². The highest BCUT2D eigenvalue weighted by Crippen LogP contribution is 2.30. The minimum absolute atomic E-state index is 0.312. The van der Waals surface area contributed by atoms with Crippen molar-refractivity contribution in [1.82, 2.24) is 0 Å². The Balaban J connectivity index is 3.37. The fourth-order valence-electron chi connectivity index (χ4n) is 1.03. The van der Waals surface area contributed by atoms with Crippen LogP contribution < -0.4 is 0 Å². The maximum atomic E-state index is 13.2. The number of hydrogen-bond acceptors (Lipinski definition) is 4. The summed E-state index contributed by atoms with van der Waals surface area (Å²) in [4.78, 5) is 20.0. The molecule has 0 saturated heterocycles. The van der Waals surface area contributed by atoms with Gasteiger partial charge in [-0.25, -0.2) is 9.18 Å². The van der Waals surface area contributed by atoms with Gasteiger partial charge in [-0.1, -0.05) is 0 Å². The normalized spacial score (nSPS) is 12.2. The molecule has 1 aromatic rings. The molecule has 8 heteroatoms. The maximum Gasteiger partial charge on any atom is 0.337 e. The number of aliphatic carboxylic acids is 1. The van der Waals surface area contributed by atoms with Crippen LogP contribution >= 0.6 is 15.9 Å². The number of non-ortho nitro benzene ring substituents is 1. The average molecular weight is 294 g/mol. The lowest BCUT2D eigenvalue weighted by Gasteiger charge is -2.08. The number of nitrogens with zero attached hydrogens (tertiary/aromatic N) is 1. The first-order chi connectivity index (χ1) is 7.34. The van der Waals surface area contributed by atoms with Crippen LogP contribution in [0.25, 0.3) is 0 Å². The average Bonchev–Trinajstić information content (AvgIpc) is 2.20. The molecular formula is C8H5BrFNO5. The monoisotopic (exact) mass is 293 g/mol. The van der Waals surface area contributed by atoms with Gasteiger partial charge in [-0.3, -0.25) is 10.1 Å². The Kier molecular flexibility index (Phi) is 3.55. The van der Waals surface area contributed by atoms with Gasteiger partial charge in [0.2, 0.25) is 0 Å². The van der Waals surface area contributed by atoms with Gasteiger partial charge in [0.1, 0.15) is 5.82 Å². The van der Waals surface area contributed by atoms with Crippen molar-refractivity contribution in [2.45, 2.75) is 6.10 Å². The summed E-state index contributed by atoms with van der Waals surface area (Å²) in [5.41, 5.74) is -1.03. The van der Waals surface area contributed by atoms with Crippen LogP contribution in [0.2, 0.25) is 0 Å². The van der Waals surface area contributed by atoms with Gasteiger partial charge in [-0.2, -0.15) is 0 Å². The molecule has 0 aliphatic rings. The van der Waals surface area contributed by atoms with E-state index in [1.165, 1.54) is 0 Å². The molecule has 6 nitrogen and oxygen atoms in total. The number of rotatable bonds is 3. The fourth-order valence-corrected chi connectivity index (χ4v) is 1.48. The highest BCUT2D eigenvalue weighted by molar-refractivity contribution is 9.10. The van der Waals surface area contributed by atoms with Crippen molar-refractivity contribution >= 4 is 27.6 Å². The minimum Gasteiger partial charge on any atom is -0.479 e. The van der Waals surface area contributed by atoms with Crippen molar-refractivity contribution in [2.24, 2.45) is 0 Å². The third kappa shape index (κ3) is 2.34. The Morgan fingerprint density at radius 2 is 2.12 bits per heavy atom. The second kappa shape index (κ2) is 4.54. The molecule has 1 unspecified atom stereocenters. The first-order valence-corrected chi connectivity index (χ1v) is 4.68. The van der Waals surface area contributed by atoms with E-state index in [1.54, 1.807) is 0 Å². The Bertz CT molecular complexity index is 464. The van der Waals surface area contributed by atoms with E-state index in [4.69, 9.17) is 5.11 Å². The van der Waals surface area contributed by atoms with Gasteiger partial charge in [0.25, 0.3) is 5.69 Å². The van der Waals surface area contributed by atoms with Crippen LogP contribution in [0.3, 0.4) is 0 Å². The van der Waals surface area contributed by atoms with Gasteiger partial charge < -0.3 is 10.2 Å². The van der Waals surface area contributed by atoms with E-state index in [2.05, 4.69) is 15.9 Å². The van der Waals surface area contributed by atoms with Crippen LogP contribution in [0.5, 0.6) is 0 Å².